The van der Waals surface area contributed by atoms with Crippen LogP contribution in [0.2, 0.25) is 0 Å². The van der Waals surface area contributed by atoms with Gasteiger partial charge in [-0.1, -0.05) is 31.5 Å². The summed E-state index contributed by atoms with van der Waals surface area (Å²) >= 11 is 0. The number of anilines is 1. The van der Waals surface area contributed by atoms with Gasteiger partial charge >= 0.3 is 0 Å². The van der Waals surface area contributed by atoms with Gasteiger partial charge in [-0.3, -0.25) is 4.79 Å². The van der Waals surface area contributed by atoms with Gasteiger partial charge in [-0.05, 0) is 37.3 Å². The molecule has 1 heterocycles. The molecule has 1 aromatic rings. The molecule has 1 aliphatic rings. The maximum atomic E-state index is 12.4. The number of benzene rings is 1. The molecule has 2 atom stereocenters. The van der Waals surface area contributed by atoms with Crippen molar-refractivity contribution in [2.75, 3.05) is 11.9 Å². The van der Waals surface area contributed by atoms with Crippen LogP contribution in [0.4, 0.5) is 5.69 Å². The van der Waals surface area contributed by atoms with Crippen LogP contribution in [0.5, 0.6) is 0 Å². The molecule has 0 spiro atoms. The molecule has 0 radical (unpaired) electrons. The molecule has 0 saturated carbocycles. The third kappa shape index (κ3) is 1.93. The molecule has 0 aliphatic carbocycles. The molecular formula is C15H21NO2. The van der Waals surface area contributed by atoms with Crippen molar-refractivity contribution in [2.24, 2.45) is 5.92 Å². The van der Waals surface area contributed by atoms with E-state index in [0.717, 1.165) is 24.1 Å². The van der Waals surface area contributed by atoms with Crippen LogP contribution in [0.1, 0.15) is 38.7 Å². The molecule has 1 amide bonds. The molecule has 0 bridgehead atoms. The summed E-state index contributed by atoms with van der Waals surface area (Å²) in [6, 6.07) is 7.87. The number of aliphatic hydroxyl groups excluding tert-OH is 1. The third-order valence-corrected chi connectivity index (χ3v) is 4.14. The smallest absolute Gasteiger partial charge is 0.235 e. The number of hydrogen-bond donors (Lipinski definition) is 2. The zero-order valence-corrected chi connectivity index (χ0v) is 11.1. The van der Waals surface area contributed by atoms with Crippen molar-refractivity contribution in [3.63, 3.8) is 0 Å². The van der Waals surface area contributed by atoms with E-state index in [-0.39, 0.29) is 18.4 Å². The summed E-state index contributed by atoms with van der Waals surface area (Å²) < 4.78 is 0. The van der Waals surface area contributed by atoms with Crippen molar-refractivity contribution in [1.29, 1.82) is 0 Å². The van der Waals surface area contributed by atoms with Crippen LogP contribution in [0.25, 0.3) is 0 Å². The van der Waals surface area contributed by atoms with Crippen molar-refractivity contribution in [3.8, 4) is 0 Å². The van der Waals surface area contributed by atoms with E-state index in [4.69, 9.17) is 0 Å². The maximum Gasteiger partial charge on any atom is 0.235 e. The van der Waals surface area contributed by atoms with Crippen LogP contribution < -0.4 is 5.32 Å². The van der Waals surface area contributed by atoms with Gasteiger partial charge in [-0.25, -0.2) is 0 Å². The van der Waals surface area contributed by atoms with Crippen LogP contribution in [-0.4, -0.2) is 17.6 Å². The molecule has 1 aliphatic heterocycles. The Morgan fingerprint density at radius 1 is 1.33 bits per heavy atom. The number of nitrogens with one attached hydrogen (secondary N) is 1. The molecule has 2 rings (SSSR count). The highest BCUT2D eigenvalue weighted by molar-refractivity contribution is 6.06. The molecular weight excluding hydrogens is 226 g/mol. The minimum atomic E-state index is -0.505. The molecule has 0 aromatic heterocycles. The minimum Gasteiger partial charge on any atom is -0.396 e. The molecule has 18 heavy (non-hydrogen) atoms. The largest absolute Gasteiger partial charge is 0.396 e. The van der Waals surface area contributed by atoms with E-state index in [2.05, 4.69) is 12.2 Å². The average molecular weight is 247 g/mol. The lowest BCUT2D eigenvalue weighted by atomic mass is 9.69. The summed E-state index contributed by atoms with van der Waals surface area (Å²) in [5.41, 5.74) is 1.49. The van der Waals surface area contributed by atoms with E-state index in [9.17, 15) is 9.90 Å². The van der Waals surface area contributed by atoms with Crippen LogP contribution in [0, 0.1) is 5.92 Å². The zero-order valence-electron chi connectivity index (χ0n) is 11.1. The lowest BCUT2D eigenvalue weighted by molar-refractivity contribution is -0.122. The van der Waals surface area contributed by atoms with Gasteiger partial charge in [0.05, 0.1) is 5.41 Å². The SMILES string of the molecule is CCCC(CCO)C1(C)C(=O)Nc2ccccc21. The van der Waals surface area contributed by atoms with Crippen LogP contribution in [-0.2, 0) is 10.2 Å². The van der Waals surface area contributed by atoms with E-state index in [1.165, 1.54) is 0 Å². The van der Waals surface area contributed by atoms with Crippen molar-refractivity contribution >= 4 is 11.6 Å². The molecule has 3 nitrogen and oxygen atoms in total. The number of fused-ring (bicyclic) bond motifs is 1. The van der Waals surface area contributed by atoms with Gasteiger partial charge in [0.25, 0.3) is 0 Å². The molecule has 0 fully saturated rings. The quantitative estimate of drug-likeness (QED) is 0.840. The summed E-state index contributed by atoms with van der Waals surface area (Å²) in [6.45, 7) is 4.26. The number of para-hydroxylation sites is 1. The summed E-state index contributed by atoms with van der Waals surface area (Å²) in [6.07, 6.45) is 2.65. The fourth-order valence-electron chi connectivity index (χ4n) is 3.05. The first-order chi connectivity index (χ1) is 8.64. The second-order valence-corrected chi connectivity index (χ2v) is 5.20. The first kappa shape index (κ1) is 13.1. The van der Waals surface area contributed by atoms with E-state index >= 15 is 0 Å². The first-order valence-electron chi connectivity index (χ1n) is 6.66. The predicted molar refractivity (Wildman–Crippen MR) is 72.5 cm³/mol. The van der Waals surface area contributed by atoms with E-state index < -0.39 is 5.41 Å². The van der Waals surface area contributed by atoms with Gasteiger partial charge in [-0.2, -0.15) is 0 Å². The number of amides is 1. The van der Waals surface area contributed by atoms with E-state index in [0.29, 0.717) is 6.42 Å². The summed E-state index contributed by atoms with van der Waals surface area (Å²) in [7, 11) is 0. The van der Waals surface area contributed by atoms with Crippen LogP contribution in [0.15, 0.2) is 24.3 Å². The normalized spacial score (nSPS) is 23.6. The predicted octanol–water partition coefficient (Wildman–Crippen LogP) is 2.70. The highest BCUT2D eigenvalue weighted by Gasteiger charge is 2.47. The van der Waals surface area contributed by atoms with Crippen LogP contribution >= 0.6 is 0 Å². The summed E-state index contributed by atoms with van der Waals surface area (Å²) in [5.74, 6) is 0.256. The van der Waals surface area contributed by atoms with Crippen molar-refractivity contribution in [1.82, 2.24) is 0 Å². The third-order valence-electron chi connectivity index (χ3n) is 4.14. The monoisotopic (exact) mass is 247 g/mol. The number of rotatable bonds is 5. The van der Waals surface area contributed by atoms with Gasteiger partial charge in [-0.15, -0.1) is 0 Å². The topological polar surface area (TPSA) is 49.3 Å². The number of carbonyl (C=O) groups is 1. The first-order valence-corrected chi connectivity index (χ1v) is 6.66. The Kier molecular flexibility index (Phi) is 3.71. The van der Waals surface area contributed by atoms with E-state index in [1.807, 2.05) is 31.2 Å². The fraction of sp³-hybridized carbons (Fsp3) is 0.533. The van der Waals surface area contributed by atoms with Crippen molar-refractivity contribution in [2.45, 2.75) is 38.5 Å². The van der Waals surface area contributed by atoms with Gasteiger partial charge in [0.15, 0.2) is 0 Å². The Hall–Kier alpha value is -1.35. The second-order valence-electron chi connectivity index (χ2n) is 5.20. The number of hydrogen-bond acceptors (Lipinski definition) is 2. The van der Waals surface area contributed by atoms with Gasteiger partial charge < -0.3 is 10.4 Å². The standard InChI is InChI=1S/C15H21NO2/c1-3-6-11(9-10-17)15(2)12-7-4-5-8-13(12)16-14(15)18/h4-5,7-8,11,17H,3,6,9-10H2,1-2H3,(H,16,18). The van der Waals surface area contributed by atoms with Gasteiger partial charge in [0.2, 0.25) is 5.91 Å². The Balaban J connectivity index is 2.41. The molecule has 2 N–H and O–H groups in total. The Labute approximate surface area is 108 Å². The number of aliphatic hydroxyl groups is 1. The lowest BCUT2D eigenvalue weighted by Gasteiger charge is -2.32. The Morgan fingerprint density at radius 2 is 2.06 bits per heavy atom. The maximum absolute atomic E-state index is 12.4. The Bertz CT molecular complexity index is 438. The Morgan fingerprint density at radius 3 is 2.72 bits per heavy atom. The van der Waals surface area contributed by atoms with Crippen molar-refractivity contribution in [3.05, 3.63) is 29.8 Å². The average Bonchev–Trinajstić information content (AvgIpc) is 2.63. The van der Waals surface area contributed by atoms with Gasteiger partial charge in [0.1, 0.15) is 0 Å². The zero-order chi connectivity index (χ0) is 13.2. The lowest BCUT2D eigenvalue weighted by Crippen LogP contribution is -2.39. The minimum absolute atomic E-state index is 0.0654. The van der Waals surface area contributed by atoms with Gasteiger partial charge in [0, 0.05) is 12.3 Å². The molecule has 3 heteroatoms. The summed E-state index contributed by atoms with van der Waals surface area (Å²) in [5, 5.41) is 12.2. The number of carbonyl (C=O) groups excluding carboxylic acids is 1. The highest BCUT2D eigenvalue weighted by Crippen LogP contribution is 2.45. The second kappa shape index (κ2) is 5.11. The van der Waals surface area contributed by atoms with Crippen LogP contribution in [0.3, 0.4) is 0 Å². The summed E-state index contributed by atoms with van der Waals surface area (Å²) in [4.78, 5) is 12.4. The molecule has 0 saturated heterocycles. The molecule has 2 unspecified atom stereocenters. The fourth-order valence-corrected chi connectivity index (χ4v) is 3.05. The van der Waals surface area contributed by atoms with Crippen molar-refractivity contribution < 1.29 is 9.90 Å². The molecule has 98 valence electrons. The highest BCUT2D eigenvalue weighted by atomic mass is 16.3. The molecule has 1 aromatic carbocycles. The van der Waals surface area contributed by atoms with E-state index in [1.54, 1.807) is 0 Å².